The third-order valence-corrected chi connectivity index (χ3v) is 3.36. The fourth-order valence-electron chi connectivity index (χ4n) is 2.26. The van der Waals surface area contributed by atoms with Crippen molar-refractivity contribution in [1.82, 2.24) is 9.88 Å². The summed E-state index contributed by atoms with van der Waals surface area (Å²) >= 11 is 0. The van der Waals surface area contributed by atoms with Gasteiger partial charge in [-0.25, -0.2) is 4.98 Å². The minimum Gasteiger partial charge on any atom is -0.409 e. The predicted molar refractivity (Wildman–Crippen MR) is 71.1 cm³/mol. The Bertz CT molecular complexity index is 446. The summed E-state index contributed by atoms with van der Waals surface area (Å²) in [5.74, 6) is 0.892. The summed E-state index contributed by atoms with van der Waals surface area (Å²) in [7, 11) is 4.16. The van der Waals surface area contributed by atoms with E-state index in [1.807, 2.05) is 6.07 Å². The second-order valence-corrected chi connectivity index (χ2v) is 4.71. The van der Waals surface area contributed by atoms with Crippen LogP contribution in [0.1, 0.15) is 12.0 Å². The van der Waals surface area contributed by atoms with Crippen LogP contribution >= 0.6 is 0 Å². The molecule has 1 saturated heterocycles. The minimum atomic E-state index is 0.103. The monoisotopic (exact) mass is 249 g/mol. The van der Waals surface area contributed by atoms with Crippen molar-refractivity contribution in [3.63, 3.8) is 0 Å². The lowest BCUT2D eigenvalue weighted by atomic mass is 10.2. The topological polar surface area (TPSA) is 78.0 Å². The standard InChI is InChI=1S/C12H19N5O/c1-16(2)9-5-7-17(8-9)12-10(11(13)15-18)4-3-6-14-12/h3-4,6,9,18H,5,7-8H2,1-2H3,(H2,13,15). The summed E-state index contributed by atoms with van der Waals surface area (Å²) in [5, 5.41) is 11.9. The zero-order chi connectivity index (χ0) is 13.1. The molecule has 0 bridgehead atoms. The molecule has 1 aliphatic heterocycles. The summed E-state index contributed by atoms with van der Waals surface area (Å²) in [6.07, 6.45) is 2.83. The number of amidine groups is 1. The molecule has 3 N–H and O–H groups in total. The highest BCUT2D eigenvalue weighted by Gasteiger charge is 2.26. The number of hydrogen-bond acceptors (Lipinski definition) is 5. The number of nitrogens with two attached hydrogens (primary N) is 1. The molecule has 0 spiro atoms. The number of pyridine rings is 1. The van der Waals surface area contributed by atoms with Crippen LogP contribution in [0.25, 0.3) is 0 Å². The molecule has 2 rings (SSSR count). The quantitative estimate of drug-likeness (QED) is 0.349. The SMILES string of the molecule is CN(C)C1CCN(c2ncccc2C(N)=NO)C1. The van der Waals surface area contributed by atoms with Gasteiger partial charge in [0.15, 0.2) is 5.84 Å². The number of anilines is 1. The van der Waals surface area contributed by atoms with E-state index in [0.29, 0.717) is 11.6 Å². The van der Waals surface area contributed by atoms with Gasteiger partial charge in [0.25, 0.3) is 0 Å². The van der Waals surface area contributed by atoms with Crippen LogP contribution in [0, 0.1) is 0 Å². The Morgan fingerprint density at radius 3 is 3.00 bits per heavy atom. The molecule has 1 aromatic rings. The highest BCUT2D eigenvalue weighted by atomic mass is 16.4. The predicted octanol–water partition coefficient (Wildman–Crippen LogP) is 0.316. The van der Waals surface area contributed by atoms with Gasteiger partial charge in [0.1, 0.15) is 5.82 Å². The molecule has 6 nitrogen and oxygen atoms in total. The highest BCUT2D eigenvalue weighted by Crippen LogP contribution is 2.23. The Kier molecular flexibility index (Phi) is 3.66. The van der Waals surface area contributed by atoms with Crippen LogP contribution in [0.15, 0.2) is 23.5 Å². The zero-order valence-corrected chi connectivity index (χ0v) is 10.7. The van der Waals surface area contributed by atoms with Crippen molar-refractivity contribution < 1.29 is 5.21 Å². The number of rotatable bonds is 3. The smallest absolute Gasteiger partial charge is 0.173 e. The van der Waals surface area contributed by atoms with E-state index in [0.717, 1.165) is 25.3 Å². The molecule has 0 aliphatic carbocycles. The molecule has 6 heteroatoms. The maximum atomic E-state index is 8.80. The van der Waals surface area contributed by atoms with Crippen molar-refractivity contribution in [1.29, 1.82) is 0 Å². The van der Waals surface area contributed by atoms with E-state index in [-0.39, 0.29) is 5.84 Å². The van der Waals surface area contributed by atoms with Gasteiger partial charge in [0, 0.05) is 25.3 Å². The highest BCUT2D eigenvalue weighted by molar-refractivity contribution is 6.01. The summed E-state index contributed by atoms with van der Waals surface area (Å²) in [6.45, 7) is 1.85. The second kappa shape index (κ2) is 5.22. The Labute approximate surface area is 107 Å². The van der Waals surface area contributed by atoms with Crippen LogP contribution in [-0.4, -0.2) is 54.2 Å². The molecule has 18 heavy (non-hydrogen) atoms. The van der Waals surface area contributed by atoms with Crippen LogP contribution in [0.5, 0.6) is 0 Å². The normalized spacial score (nSPS) is 20.7. The lowest BCUT2D eigenvalue weighted by molar-refractivity contribution is 0.315. The molecule has 0 amide bonds. The Hall–Kier alpha value is -1.82. The van der Waals surface area contributed by atoms with Crippen molar-refractivity contribution in [2.24, 2.45) is 10.9 Å². The minimum absolute atomic E-state index is 0.103. The van der Waals surface area contributed by atoms with E-state index in [4.69, 9.17) is 10.9 Å². The number of nitrogens with zero attached hydrogens (tertiary/aromatic N) is 4. The third-order valence-electron chi connectivity index (χ3n) is 3.36. The van der Waals surface area contributed by atoms with Crippen molar-refractivity contribution in [3.05, 3.63) is 23.9 Å². The summed E-state index contributed by atoms with van der Waals surface area (Å²) in [4.78, 5) is 8.75. The molecule has 1 unspecified atom stereocenters. The van der Waals surface area contributed by atoms with E-state index < -0.39 is 0 Å². The number of aromatic nitrogens is 1. The first-order chi connectivity index (χ1) is 8.63. The van der Waals surface area contributed by atoms with E-state index >= 15 is 0 Å². The molecule has 98 valence electrons. The summed E-state index contributed by atoms with van der Waals surface area (Å²) in [5.41, 5.74) is 6.36. The van der Waals surface area contributed by atoms with E-state index in [9.17, 15) is 0 Å². The van der Waals surface area contributed by atoms with Crippen molar-refractivity contribution in [2.45, 2.75) is 12.5 Å². The molecule has 0 saturated carbocycles. The molecule has 0 radical (unpaired) electrons. The van der Waals surface area contributed by atoms with Gasteiger partial charge in [-0.3, -0.25) is 0 Å². The van der Waals surface area contributed by atoms with Crippen LogP contribution in [0.3, 0.4) is 0 Å². The van der Waals surface area contributed by atoms with Crippen LogP contribution < -0.4 is 10.6 Å². The molecule has 1 aromatic heterocycles. The van der Waals surface area contributed by atoms with Crippen molar-refractivity contribution in [2.75, 3.05) is 32.1 Å². The van der Waals surface area contributed by atoms with E-state index in [1.165, 1.54) is 0 Å². The van der Waals surface area contributed by atoms with Gasteiger partial charge < -0.3 is 20.7 Å². The van der Waals surface area contributed by atoms with Crippen LogP contribution in [-0.2, 0) is 0 Å². The first kappa shape index (κ1) is 12.6. The Morgan fingerprint density at radius 1 is 1.61 bits per heavy atom. The van der Waals surface area contributed by atoms with Gasteiger partial charge in [-0.1, -0.05) is 5.16 Å². The number of hydrogen-bond donors (Lipinski definition) is 2. The zero-order valence-electron chi connectivity index (χ0n) is 10.7. The fourth-order valence-corrected chi connectivity index (χ4v) is 2.26. The van der Waals surface area contributed by atoms with Crippen molar-refractivity contribution in [3.8, 4) is 0 Å². The van der Waals surface area contributed by atoms with Crippen molar-refractivity contribution >= 4 is 11.7 Å². The van der Waals surface area contributed by atoms with E-state index in [1.54, 1.807) is 12.3 Å². The second-order valence-electron chi connectivity index (χ2n) is 4.71. The maximum absolute atomic E-state index is 8.80. The molecule has 1 fully saturated rings. The van der Waals surface area contributed by atoms with Crippen LogP contribution in [0.2, 0.25) is 0 Å². The van der Waals surface area contributed by atoms with Gasteiger partial charge in [-0.15, -0.1) is 0 Å². The average molecular weight is 249 g/mol. The number of oxime groups is 1. The maximum Gasteiger partial charge on any atom is 0.173 e. The van der Waals surface area contributed by atoms with Gasteiger partial charge in [-0.05, 0) is 32.6 Å². The fraction of sp³-hybridized carbons (Fsp3) is 0.500. The largest absolute Gasteiger partial charge is 0.409 e. The molecule has 1 aliphatic rings. The van der Waals surface area contributed by atoms with E-state index in [2.05, 4.69) is 34.0 Å². The molecular weight excluding hydrogens is 230 g/mol. The Balaban J connectivity index is 2.25. The summed E-state index contributed by atoms with van der Waals surface area (Å²) in [6, 6.07) is 4.13. The van der Waals surface area contributed by atoms with Gasteiger partial charge in [-0.2, -0.15) is 0 Å². The number of likely N-dealkylation sites (N-methyl/N-ethyl adjacent to an activating group) is 1. The van der Waals surface area contributed by atoms with Gasteiger partial charge in [0.2, 0.25) is 0 Å². The molecule has 2 heterocycles. The first-order valence-electron chi connectivity index (χ1n) is 5.97. The average Bonchev–Trinajstić information content (AvgIpc) is 2.87. The van der Waals surface area contributed by atoms with Crippen LogP contribution in [0.4, 0.5) is 5.82 Å². The lowest BCUT2D eigenvalue weighted by Gasteiger charge is -2.22. The lowest BCUT2D eigenvalue weighted by Crippen LogP contribution is -2.32. The molecule has 0 aromatic carbocycles. The first-order valence-corrected chi connectivity index (χ1v) is 5.97. The van der Waals surface area contributed by atoms with Gasteiger partial charge >= 0.3 is 0 Å². The molecule has 1 atom stereocenters. The summed E-state index contributed by atoms with van der Waals surface area (Å²) < 4.78 is 0. The van der Waals surface area contributed by atoms with Gasteiger partial charge in [0.05, 0.1) is 5.56 Å². The Morgan fingerprint density at radius 2 is 2.39 bits per heavy atom. The third kappa shape index (κ3) is 2.38. The molecular formula is C12H19N5O.